The molecule has 0 saturated carbocycles. The molecule has 0 aliphatic heterocycles. The number of carbonyl (C=O) groups is 2. The third-order valence-electron chi connectivity index (χ3n) is 2.94. The van der Waals surface area contributed by atoms with Crippen LogP contribution in [0.3, 0.4) is 0 Å². The zero-order valence-electron chi connectivity index (χ0n) is 11.8. The van der Waals surface area contributed by atoms with Crippen LogP contribution in [-0.4, -0.2) is 38.7 Å². The number of amides is 1. The van der Waals surface area contributed by atoms with Gasteiger partial charge in [0.25, 0.3) is 5.91 Å². The lowest BCUT2D eigenvalue weighted by Crippen LogP contribution is -2.34. The number of carbonyl (C=O) groups excluding carboxylic acids is 2. The number of hydrogen-bond acceptors (Lipinski definition) is 4. The number of aryl methyl sites for hydroxylation is 1. The SMILES string of the molecule is CCOC(=O)C[C@@H](C)NC(=O)c1cnn2ccn(C)c12. The lowest BCUT2D eigenvalue weighted by molar-refractivity contribution is -0.143. The summed E-state index contributed by atoms with van der Waals surface area (Å²) >= 11 is 0. The van der Waals surface area contributed by atoms with Crippen molar-refractivity contribution in [3.63, 3.8) is 0 Å². The summed E-state index contributed by atoms with van der Waals surface area (Å²) in [7, 11) is 1.84. The van der Waals surface area contributed by atoms with E-state index in [2.05, 4.69) is 10.4 Å². The Morgan fingerprint density at radius 3 is 2.90 bits per heavy atom. The molecule has 0 radical (unpaired) electrons. The minimum Gasteiger partial charge on any atom is -0.466 e. The number of nitrogens with one attached hydrogen (secondary N) is 1. The number of aromatic nitrogens is 3. The maximum Gasteiger partial charge on any atom is 0.307 e. The highest BCUT2D eigenvalue weighted by Crippen LogP contribution is 2.10. The Hall–Kier alpha value is -2.31. The van der Waals surface area contributed by atoms with Crippen LogP contribution in [0.15, 0.2) is 18.6 Å². The molecule has 0 unspecified atom stereocenters. The van der Waals surface area contributed by atoms with Gasteiger partial charge in [-0.15, -0.1) is 0 Å². The molecule has 0 fully saturated rings. The van der Waals surface area contributed by atoms with Crippen LogP contribution < -0.4 is 5.32 Å². The van der Waals surface area contributed by atoms with Gasteiger partial charge in [0.05, 0.1) is 19.2 Å². The Morgan fingerprint density at radius 2 is 2.20 bits per heavy atom. The van der Waals surface area contributed by atoms with E-state index >= 15 is 0 Å². The number of ether oxygens (including phenoxy) is 1. The molecule has 0 aliphatic rings. The van der Waals surface area contributed by atoms with E-state index in [1.807, 2.05) is 17.8 Å². The monoisotopic (exact) mass is 278 g/mol. The third-order valence-corrected chi connectivity index (χ3v) is 2.94. The van der Waals surface area contributed by atoms with Crippen LogP contribution in [-0.2, 0) is 16.6 Å². The quantitative estimate of drug-likeness (QED) is 0.818. The lowest BCUT2D eigenvalue weighted by atomic mass is 10.2. The topological polar surface area (TPSA) is 77.6 Å². The Balaban J connectivity index is 2.04. The van der Waals surface area contributed by atoms with Gasteiger partial charge in [-0.1, -0.05) is 0 Å². The van der Waals surface area contributed by atoms with E-state index in [0.29, 0.717) is 17.8 Å². The van der Waals surface area contributed by atoms with Gasteiger partial charge in [-0.2, -0.15) is 5.10 Å². The first kappa shape index (κ1) is 14.1. The predicted molar refractivity (Wildman–Crippen MR) is 72.3 cm³/mol. The van der Waals surface area contributed by atoms with Gasteiger partial charge in [0.1, 0.15) is 11.2 Å². The van der Waals surface area contributed by atoms with Crippen LogP contribution in [0.5, 0.6) is 0 Å². The molecule has 7 nitrogen and oxygen atoms in total. The molecular formula is C13H18N4O3. The molecule has 108 valence electrons. The minimum atomic E-state index is -0.320. The second kappa shape index (κ2) is 5.77. The fourth-order valence-electron chi connectivity index (χ4n) is 2.03. The molecular weight excluding hydrogens is 260 g/mol. The molecule has 2 aromatic rings. The van der Waals surface area contributed by atoms with Gasteiger partial charge in [-0.3, -0.25) is 9.59 Å². The van der Waals surface area contributed by atoms with Crippen LogP contribution in [0, 0.1) is 0 Å². The van der Waals surface area contributed by atoms with Crippen LogP contribution >= 0.6 is 0 Å². The first-order chi connectivity index (χ1) is 9.52. The largest absolute Gasteiger partial charge is 0.466 e. The standard InChI is InChI=1S/C13H18N4O3/c1-4-20-11(18)7-9(2)15-12(19)10-8-14-17-6-5-16(3)13(10)17/h5-6,8-9H,4,7H2,1-3H3,(H,15,19)/t9-/m1/s1. The molecule has 2 aromatic heterocycles. The average molecular weight is 278 g/mol. The molecule has 2 rings (SSSR count). The van der Waals surface area contributed by atoms with Crippen molar-refractivity contribution in [1.29, 1.82) is 0 Å². The summed E-state index contributed by atoms with van der Waals surface area (Å²) in [6.45, 7) is 3.85. The molecule has 0 aromatic carbocycles. The summed E-state index contributed by atoms with van der Waals surface area (Å²) in [5.74, 6) is -0.571. The Bertz CT molecular complexity index is 629. The molecule has 0 saturated heterocycles. The second-order valence-electron chi connectivity index (χ2n) is 4.62. The number of nitrogens with zero attached hydrogens (tertiary/aromatic N) is 3. The molecule has 1 amide bonds. The summed E-state index contributed by atoms with van der Waals surface area (Å²) in [5, 5.41) is 6.88. The number of imidazole rings is 1. The van der Waals surface area contributed by atoms with E-state index in [1.54, 1.807) is 24.6 Å². The van der Waals surface area contributed by atoms with Crippen LogP contribution in [0.1, 0.15) is 30.6 Å². The highest BCUT2D eigenvalue weighted by atomic mass is 16.5. The fourth-order valence-corrected chi connectivity index (χ4v) is 2.03. The van der Waals surface area contributed by atoms with Gasteiger partial charge in [0, 0.05) is 25.5 Å². The second-order valence-corrected chi connectivity index (χ2v) is 4.62. The first-order valence-corrected chi connectivity index (χ1v) is 6.48. The maximum atomic E-state index is 12.2. The third kappa shape index (κ3) is 2.81. The van der Waals surface area contributed by atoms with E-state index in [1.165, 1.54) is 6.20 Å². The number of rotatable bonds is 5. The van der Waals surface area contributed by atoms with Crippen molar-refractivity contribution in [3.8, 4) is 0 Å². The van der Waals surface area contributed by atoms with E-state index in [4.69, 9.17) is 4.74 Å². The molecule has 7 heteroatoms. The van der Waals surface area contributed by atoms with Crippen molar-refractivity contribution in [1.82, 2.24) is 19.5 Å². The van der Waals surface area contributed by atoms with Crippen molar-refractivity contribution in [2.75, 3.05) is 6.61 Å². The van der Waals surface area contributed by atoms with Crippen molar-refractivity contribution in [3.05, 3.63) is 24.2 Å². The zero-order valence-corrected chi connectivity index (χ0v) is 11.8. The molecule has 0 aliphatic carbocycles. The van der Waals surface area contributed by atoms with Crippen molar-refractivity contribution in [2.24, 2.45) is 7.05 Å². The maximum absolute atomic E-state index is 12.2. The Kier molecular flexibility index (Phi) is 4.07. The summed E-state index contributed by atoms with van der Waals surface area (Å²) < 4.78 is 8.30. The van der Waals surface area contributed by atoms with Crippen molar-refractivity contribution >= 4 is 17.5 Å². The van der Waals surface area contributed by atoms with E-state index in [9.17, 15) is 9.59 Å². The molecule has 0 spiro atoms. The summed E-state index contributed by atoms with van der Waals surface area (Å²) in [6.07, 6.45) is 5.26. The minimum absolute atomic E-state index is 0.150. The molecule has 20 heavy (non-hydrogen) atoms. The summed E-state index contributed by atoms with van der Waals surface area (Å²) in [5.41, 5.74) is 1.19. The number of esters is 1. The van der Waals surface area contributed by atoms with Crippen LogP contribution in [0.4, 0.5) is 0 Å². The first-order valence-electron chi connectivity index (χ1n) is 6.48. The molecule has 2 heterocycles. The highest BCUT2D eigenvalue weighted by molar-refractivity contribution is 6.00. The predicted octanol–water partition coefficient (Wildman–Crippen LogP) is 0.744. The van der Waals surface area contributed by atoms with Gasteiger partial charge < -0.3 is 14.6 Å². The van der Waals surface area contributed by atoms with Gasteiger partial charge in [-0.25, -0.2) is 4.52 Å². The van der Waals surface area contributed by atoms with Crippen LogP contribution in [0.2, 0.25) is 0 Å². The Labute approximate surface area is 116 Å². The normalized spacial score (nSPS) is 12.3. The molecule has 1 N–H and O–H groups in total. The number of fused-ring (bicyclic) bond motifs is 1. The van der Waals surface area contributed by atoms with E-state index < -0.39 is 0 Å². The molecule has 0 bridgehead atoms. The van der Waals surface area contributed by atoms with E-state index in [-0.39, 0.29) is 24.3 Å². The highest BCUT2D eigenvalue weighted by Gasteiger charge is 2.18. The van der Waals surface area contributed by atoms with Gasteiger partial charge in [0.2, 0.25) is 0 Å². The lowest BCUT2D eigenvalue weighted by Gasteiger charge is -2.12. The smallest absolute Gasteiger partial charge is 0.307 e. The zero-order chi connectivity index (χ0) is 14.7. The van der Waals surface area contributed by atoms with Crippen molar-refractivity contribution < 1.29 is 14.3 Å². The summed E-state index contributed by atoms with van der Waals surface area (Å²) in [6, 6.07) is -0.295. The Morgan fingerprint density at radius 1 is 1.45 bits per heavy atom. The van der Waals surface area contributed by atoms with Gasteiger partial charge in [0.15, 0.2) is 0 Å². The summed E-state index contributed by atoms with van der Waals surface area (Å²) in [4.78, 5) is 23.5. The number of hydrogen-bond donors (Lipinski definition) is 1. The van der Waals surface area contributed by atoms with Gasteiger partial charge >= 0.3 is 5.97 Å². The average Bonchev–Trinajstić information content (AvgIpc) is 2.92. The fraction of sp³-hybridized carbons (Fsp3) is 0.462. The van der Waals surface area contributed by atoms with Crippen LogP contribution in [0.25, 0.3) is 5.65 Å². The van der Waals surface area contributed by atoms with Crippen molar-refractivity contribution in [2.45, 2.75) is 26.3 Å². The van der Waals surface area contributed by atoms with Gasteiger partial charge in [-0.05, 0) is 13.8 Å². The molecule has 1 atom stereocenters. The van der Waals surface area contributed by atoms with E-state index in [0.717, 1.165) is 0 Å².